The molecule has 1 aromatic heterocycles. The average Bonchev–Trinajstić information content (AvgIpc) is 2.05. The highest BCUT2D eigenvalue weighted by Gasteiger charge is 2.12. The monoisotopic (exact) mass is 162 g/mol. The predicted molar refractivity (Wildman–Crippen MR) is 47.2 cm³/mol. The standard InChI is InChI=1S/C9H10N2O/c1-6-3-8-9(10-4-6)11-7(2)5-12-8/h3-4H,2,5H2,1H3,(H,10,11). The highest BCUT2D eigenvalue weighted by molar-refractivity contribution is 5.56. The van der Waals surface area contributed by atoms with Crippen LogP contribution in [0, 0.1) is 6.92 Å². The Morgan fingerprint density at radius 2 is 2.50 bits per heavy atom. The summed E-state index contributed by atoms with van der Waals surface area (Å²) in [6, 6.07) is 1.96. The number of fused-ring (bicyclic) bond motifs is 1. The third kappa shape index (κ3) is 1.13. The first-order valence-corrected chi connectivity index (χ1v) is 3.80. The van der Waals surface area contributed by atoms with Gasteiger partial charge in [-0.15, -0.1) is 0 Å². The molecule has 0 saturated carbocycles. The van der Waals surface area contributed by atoms with Crippen molar-refractivity contribution in [2.45, 2.75) is 6.92 Å². The number of aryl methyl sites for hydroxylation is 1. The summed E-state index contributed by atoms with van der Waals surface area (Å²) >= 11 is 0. The molecule has 1 aliphatic heterocycles. The Labute approximate surface area is 71.1 Å². The van der Waals surface area contributed by atoms with Crippen LogP contribution in [-0.4, -0.2) is 11.6 Å². The quantitative estimate of drug-likeness (QED) is 0.630. The van der Waals surface area contributed by atoms with Crippen LogP contribution in [0.3, 0.4) is 0 Å². The molecule has 1 aliphatic rings. The molecule has 62 valence electrons. The van der Waals surface area contributed by atoms with Gasteiger partial charge in [-0.3, -0.25) is 0 Å². The number of anilines is 1. The summed E-state index contributed by atoms with van der Waals surface area (Å²) in [6.45, 7) is 6.27. The van der Waals surface area contributed by atoms with Crippen molar-refractivity contribution >= 4 is 5.82 Å². The van der Waals surface area contributed by atoms with E-state index in [1.54, 1.807) is 6.20 Å². The molecule has 0 amide bonds. The Kier molecular flexibility index (Phi) is 1.50. The largest absolute Gasteiger partial charge is 0.484 e. The molecule has 0 radical (unpaired) electrons. The average molecular weight is 162 g/mol. The lowest BCUT2D eigenvalue weighted by Gasteiger charge is -2.19. The minimum atomic E-state index is 0.526. The summed E-state index contributed by atoms with van der Waals surface area (Å²) in [5.74, 6) is 1.57. The zero-order valence-electron chi connectivity index (χ0n) is 6.92. The number of rotatable bonds is 0. The Morgan fingerprint density at radius 1 is 1.67 bits per heavy atom. The first-order chi connectivity index (χ1) is 5.75. The van der Waals surface area contributed by atoms with E-state index in [0.29, 0.717) is 6.61 Å². The second kappa shape index (κ2) is 2.52. The van der Waals surface area contributed by atoms with Crippen molar-refractivity contribution in [1.29, 1.82) is 0 Å². The van der Waals surface area contributed by atoms with Gasteiger partial charge >= 0.3 is 0 Å². The number of aromatic nitrogens is 1. The lowest BCUT2D eigenvalue weighted by molar-refractivity contribution is 0.344. The topological polar surface area (TPSA) is 34.1 Å². The van der Waals surface area contributed by atoms with Gasteiger partial charge in [0.1, 0.15) is 6.61 Å². The lowest BCUT2D eigenvalue weighted by atomic mass is 10.3. The van der Waals surface area contributed by atoms with Gasteiger partial charge in [0.2, 0.25) is 0 Å². The molecule has 3 heteroatoms. The molecule has 12 heavy (non-hydrogen) atoms. The first kappa shape index (κ1) is 7.16. The summed E-state index contributed by atoms with van der Waals surface area (Å²) in [4.78, 5) is 4.17. The number of ether oxygens (including phenoxy) is 1. The maximum atomic E-state index is 5.39. The van der Waals surface area contributed by atoms with Crippen molar-refractivity contribution in [3.63, 3.8) is 0 Å². The maximum Gasteiger partial charge on any atom is 0.173 e. The van der Waals surface area contributed by atoms with E-state index in [1.807, 2.05) is 13.0 Å². The van der Waals surface area contributed by atoms with Gasteiger partial charge in [-0.05, 0) is 18.6 Å². The van der Waals surface area contributed by atoms with E-state index in [0.717, 1.165) is 22.8 Å². The molecule has 2 heterocycles. The fourth-order valence-electron chi connectivity index (χ4n) is 1.11. The van der Waals surface area contributed by atoms with Gasteiger partial charge in [0.15, 0.2) is 11.6 Å². The lowest BCUT2D eigenvalue weighted by Crippen LogP contribution is -2.16. The molecular weight excluding hydrogens is 152 g/mol. The molecule has 1 aromatic rings. The van der Waals surface area contributed by atoms with Crippen LogP contribution in [0.5, 0.6) is 5.75 Å². The summed E-state index contributed by atoms with van der Waals surface area (Å²) in [5.41, 5.74) is 1.95. The van der Waals surface area contributed by atoms with Crippen LogP contribution in [0.2, 0.25) is 0 Å². The van der Waals surface area contributed by atoms with Gasteiger partial charge < -0.3 is 10.1 Å². The molecule has 0 bridgehead atoms. The van der Waals surface area contributed by atoms with E-state index in [2.05, 4.69) is 16.9 Å². The van der Waals surface area contributed by atoms with Crippen LogP contribution in [-0.2, 0) is 0 Å². The van der Waals surface area contributed by atoms with Gasteiger partial charge in [-0.25, -0.2) is 4.98 Å². The van der Waals surface area contributed by atoms with Crippen molar-refractivity contribution < 1.29 is 4.74 Å². The SMILES string of the molecule is C=C1COc2cc(C)cnc2N1. The van der Waals surface area contributed by atoms with E-state index in [-0.39, 0.29) is 0 Å². The van der Waals surface area contributed by atoms with Crippen molar-refractivity contribution in [3.05, 3.63) is 30.1 Å². The minimum Gasteiger partial charge on any atom is -0.484 e. The van der Waals surface area contributed by atoms with Gasteiger partial charge in [-0.2, -0.15) is 0 Å². The van der Waals surface area contributed by atoms with E-state index < -0.39 is 0 Å². The third-order valence-electron chi connectivity index (χ3n) is 1.69. The maximum absolute atomic E-state index is 5.39. The normalized spacial score (nSPS) is 14.6. The number of nitrogens with zero attached hydrogens (tertiary/aromatic N) is 1. The molecule has 0 aliphatic carbocycles. The van der Waals surface area contributed by atoms with Gasteiger partial charge in [0, 0.05) is 11.9 Å². The number of hydrogen-bond acceptors (Lipinski definition) is 3. The van der Waals surface area contributed by atoms with Gasteiger partial charge in [-0.1, -0.05) is 6.58 Å². The molecular formula is C9H10N2O. The number of nitrogens with one attached hydrogen (secondary N) is 1. The highest BCUT2D eigenvalue weighted by Crippen LogP contribution is 2.27. The molecule has 0 saturated heterocycles. The fourth-order valence-corrected chi connectivity index (χ4v) is 1.11. The molecule has 0 spiro atoms. The Balaban J connectivity index is 2.43. The van der Waals surface area contributed by atoms with Crippen LogP contribution in [0.15, 0.2) is 24.5 Å². The Bertz CT molecular complexity index is 333. The second-order valence-electron chi connectivity index (χ2n) is 2.88. The number of pyridine rings is 1. The summed E-state index contributed by atoms with van der Waals surface area (Å²) in [6.07, 6.45) is 1.80. The first-order valence-electron chi connectivity index (χ1n) is 3.80. The van der Waals surface area contributed by atoms with Crippen molar-refractivity contribution in [2.24, 2.45) is 0 Å². The fraction of sp³-hybridized carbons (Fsp3) is 0.222. The molecule has 0 aromatic carbocycles. The Hall–Kier alpha value is -1.51. The number of hydrogen-bond donors (Lipinski definition) is 1. The van der Waals surface area contributed by atoms with Crippen LogP contribution < -0.4 is 10.1 Å². The highest BCUT2D eigenvalue weighted by atomic mass is 16.5. The smallest absolute Gasteiger partial charge is 0.173 e. The Morgan fingerprint density at radius 3 is 3.33 bits per heavy atom. The molecule has 1 N–H and O–H groups in total. The summed E-state index contributed by atoms with van der Waals surface area (Å²) < 4.78 is 5.39. The molecule has 2 rings (SSSR count). The molecule has 0 unspecified atom stereocenters. The van der Waals surface area contributed by atoms with Crippen molar-refractivity contribution in [1.82, 2.24) is 4.98 Å². The van der Waals surface area contributed by atoms with Crippen LogP contribution in [0.4, 0.5) is 5.82 Å². The van der Waals surface area contributed by atoms with Crippen LogP contribution in [0.1, 0.15) is 5.56 Å². The molecule has 0 fully saturated rings. The van der Waals surface area contributed by atoms with Crippen LogP contribution >= 0.6 is 0 Å². The van der Waals surface area contributed by atoms with E-state index in [9.17, 15) is 0 Å². The molecule has 0 atom stereocenters. The second-order valence-corrected chi connectivity index (χ2v) is 2.88. The third-order valence-corrected chi connectivity index (χ3v) is 1.69. The van der Waals surface area contributed by atoms with Crippen molar-refractivity contribution in [2.75, 3.05) is 11.9 Å². The summed E-state index contributed by atoms with van der Waals surface area (Å²) in [5, 5.41) is 3.06. The minimum absolute atomic E-state index is 0.526. The van der Waals surface area contributed by atoms with Gasteiger partial charge in [0.05, 0.1) is 0 Å². The predicted octanol–water partition coefficient (Wildman–Crippen LogP) is 1.71. The van der Waals surface area contributed by atoms with Crippen molar-refractivity contribution in [3.8, 4) is 5.75 Å². The zero-order valence-corrected chi connectivity index (χ0v) is 6.92. The van der Waals surface area contributed by atoms with E-state index in [1.165, 1.54) is 0 Å². The molecule has 3 nitrogen and oxygen atoms in total. The van der Waals surface area contributed by atoms with Crippen LogP contribution in [0.25, 0.3) is 0 Å². The summed E-state index contributed by atoms with van der Waals surface area (Å²) in [7, 11) is 0. The van der Waals surface area contributed by atoms with E-state index >= 15 is 0 Å². The van der Waals surface area contributed by atoms with E-state index in [4.69, 9.17) is 4.74 Å². The van der Waals surface area contributed by atoms with Gasteiger partial charge in [0.25, 0.3) is 0 Å². The zero-order chi connectivity index (χ0) is 8.55.